The first-order chi connectivity index (χ1) is 56.5. The molecule has 4 bridgehead atoms. The molecule has 0 spiro atoms. The van der Waals surface area contributed by atoms with Gasteiger partial charge in [0.25, 0.3) is 27.8 Å². The van der Waals surface area contributed by atoms with E-state index in [9.17, 15) is 76.2 Å². The van der Waals surface area contributed by atoms with Gasteiger partial charge >= 0.3 is 18.0 Å². The van der Waals surface area contributed by atoms with E-state index in [0.29, 0.717) is 64.0 Å². The molecular weight excluding hydrogens is 1580 g/mol. The summed E-state index contributed by atoms with van der Waals surface area (Å²) in [5.74, 6) is -7.59. The lowest BCUT2D eigenvalue weighted by Crippen LogP contribution is -2.64. The highest BCUT2D eigenvalue weighted by Crippen LogP contribution is 2.72. The number of nitrogens with zero attached hydrogens (tertiary/aromatic N) is 8. The number of pyridine rings is 1. The van der Waals surface area contributed by atoms with Gasteiger partial charge in [-0.05, 0) is 165 Å². The first kappa shape index (κ1) is 86.5. The number of carboxylic acid groups (broad SMARTS) is 2. The second kappa shape index (κ2) is 35.5. The number of fused-ring (bicyclic) bond motifs is 2. The van der Waals surface area contributed by atoms with Gasteiger partial charge in [-0.15, -0.1) is 0 Å². The number of aromatic carboxylic acids is 1. The highest BCUT2D eigenvalue weighted by molar-refractivity contribution is 7.85. The van der Waals surface area contributed by atoms with Gasteiger partial charge in [-0.1, -0.05) is 57.2 Å². The standard InChI is InChI=1S/C83H102N12O22S2/c1-47(2)70(89-67(97)37-93-53(39-114-29-30-119(109,110)111)32-62(75(93)103)95-68(98)21-22-69(95)99)74(102)85-48(3)72(100)86-52-15-13-51(50(31-52)14-16-55-33-54(96)34-64(117-55)76(104)105)38-115-79(108)91(25-27-112-7)26-28-116-83-43-80(5)40-81(6,44-83)42-82(41-80,45-83)46-94-49(4)59(35-84-94)57-18-20-66(88-71(57)77(106)107)92-24-23-56-60(36-92)58(17-19-63(56)113-8)73(101)90-78-87-61-11-9-10-12-65(61)118-78/h9-13,15,17-22,31,35,47-48,53-55,62,64,70,96H,14,16,23-30,32-34,36-46H2,1-8H3,(H,85,102)(H,86,100)(H,89,97)(H,104,105)(H,106,107)(H,87,90,101)(H,109,110,111)/t48-,53-,54+,55-,62-,64-,70?,80?,81?,82?,83?/m0/s1. The van der Waals surface area contributed by atoms with Gasteiger partial charge in [0.15, 0.2) is 16.9 Å². The molecule has 34 nitrogen and oxygen atoms in total. The van der Waals surface area contributed by atoms with Crippen LogP contribution in [0.5, 0.6) is 5.75 Å². The predicted molar refractivity (Wildman–Crippen MR) is 433 cm³/mol. The van der Waals surface area contributed by atoms with E-state index in [1.165, 1.54) is 30.3 Å². The number of carboxylic acids is 2. The molecule has 3 unspecified atom stereocenters. The molecule has 14 rings (SSSR count). The highest BCUT2D eigenvalue weighted by atomic mass is 32.2. The maximum Gasteiger partial charge on any atom is 0.410 e. The van der Waals surface area contributed by atoms with E-state index in [2.05, 4.69) is 40.1 Å². The van der Waals surface area contributed by atoms with Gasteiger partial charge in [-0.25, -0.2) is 24.4 Å². The molecule has 638 valence electrons. The predicted octanol–water partition coefficient (Wildman–Crippen LogP) is 7.11. The number of methoxy groups -OCH3 is 2. The lowest BCUT2D eigenvalue weighted by atomic mass is 9.39. The summed E-state index contributed by atoms with van der Waals surface area (Å²) in [7, 11) is -1.29. The molecule has 8 N–H and O–H groups in total. The average molecular weight is 1680 g/mol. The average Bonchev–Trinajstić information content (AvgIpc) is 0.892. The summed E-state index contributed by atoms with van der Waals surface area (Å²) >= 11 is 1.38. The van der Waals surface area contributed by atoms with Gasteiger partial charge in [0.2, 0.25) is 23.6 Å². The van der Waals surface area contributed by atoms with E-state index in [1.807, 2.05) is 46.8 Å². The summed E-state index contributed by atoms with van der Waals surface area (Å²) in [6, 6.07) is 14.9. The molecule has 0 radical (unpaired) electrons. The normalized spacial score (nSPS) is 24.3. The number of carbonyl (C=O) groups excluding carboxylic acids is 8. The van der Waals surface area contributed by atoms with E-state index in [0.717, 1.165) is 87.5 Å². The van der Waals surface area contributed by atoms with Crippen molar-refractivity contribution >= 4 is 108 Å². The number of aryl methyl sites for hydroxylation is 1. The van der Waals surface area contributed by atoms with Gasteiger partial charge in [0, 0.05) is 98.5 Å². The van der Waals surface area contributed by atoms with Gasteiger partial charge in [-0.2, -0.15) is 13.5 Å². The zero-order valence-corrected chi connectivity index (χ0v) is 69.3. The summed E-state index contributed by atoms with van der Waals surface area (Å²) in [4.78, 5) is 150. The Kier molecular flexibility index (Phi) is 25.8. The maximum atomic E-state index is 14.4. The Morgan fingerprint density at radius 2 is 1.55 bits per heavy atom. The first-order valence-electron chi connectivity index (χ1n) is 39.9. The molecule has 8 amide bonds. The summed E-state index contributed by atoms with van der Waals surface area (Å²) in [6.07, 6.45) is 6.16. The summed E-state index contributed by atoms with van der Waals surface area (Å²) < 4.78 is 70.7. The number of likely N-dealkylation sites (tertiary alicyclic amines) is 1. The number of hydrogen-bond donors (Lipinski definition) is 8. The molecule has 8 aliphatic rings. The molecule has 4 saturated carbocycles. The van der Waals surface area contributed by atoms with E-state index in [1.54, 1.807) is 63.6 Å². The minimum atomic E-state index is -4.41. The zero-order chi connectivity index (χ0) is 85.2. The fourth-order valence-electron chi connectivity index (χ4n) is 19.6. The van der Waals surface area contributed by atoms with Crippen LogP contribution in [0.2, 0.25) is 0 Å². The summed E-state index contributed by atoms with van der Waals surface area (Å²) in [6.45, 7) is 11.5. The van der Waals surface area contributed by atoms with Crippen LogP contribution in [0.1, 0.15) is 148 Å². The van der Waals surface area contributed by atoms with Crippen molar-refractivity contribution in [1.29, 1.82) is 0 Å². The molecule has 36 heteroatoms. The van der Waals surface area contributed by atoms with Crippen LogP contribution in [0.3, 0.4) is 0 Å². The topological polar surface area (TPSA) is 446 Å². The number of aliphatic carboxylic acids is 1. The van der Waals surface area contributed by atoms with Crippen molar-refractivity contribution in [2.24, 2.45) is 22.2 Å². The van der Waals surface area contributed by atoms with Crippen LogP contribution in [-0.2, 0) is 99.9 Å². The van der Waals surface area contributed by atoms with E-state index < -0.39 is 136 Å². The van der Waals surface area contributed by atoms with Crippen molar-refractivity contribution < 1.29 is 105 Å². The minimum Gasteiger partial charge on any atom is -0.496 e. The number of aliphatic hydroxyl groups is 1. The van der Waals surface area contributed by atoms with Crippen LogP contribution in [-0.4, -0.2) is 243 Å². The molecule has 6 aromatic rings. The number of carbonyl (C=O) groups is 10. The Labute approximate surface area is 691 Å². The van der Waals surface area contributed by atoms with Crippen LogP contribution in [0.25, 0.3) is 21.3 Å². The Balaban J connectivity index is 0.650. The number of amides is 8. The Hall–Kier alpha value is -10.3. The fourth-order valence-corrected chi connectivity index (χ4v) is 20.8. The van der Waals surface area contributed by atoms with Crippen molar-refractivity contribution in [2.75, 3.05) is 88.1 Å². The Bertz CT molecular complexity index is 5020. The zero-order valence-electron chi connectivity index (χ0n) is 67.7. The minimum absolute atomic E-state index is 0.0918. The van der Waals surface area contributed by atoms with E-state index in [-0.39, 0.29) is 112 Å². The van der Waals surface area contributed by atoms with Gasteiger partial charge in [0.05, 0.1) is 86.1 Å². The van der Waals surface area contributed by atoms with Crippen molar-refractivity contribution in [2.45, 2.75) is 186 Å². The van der Waals surface area contributed by atoms with E-state index in [4.69, 9.17) is 38.5 Å². The summed E-state index contributed by atoms with van der Waals surface area (Å²) in [5.41, 5.74) is 4.91. The van der Waals surface area contributed by atoms with Crippen molar-refractivity contribution in [3.05, 3.63) is 124 Å². The van der Waals surface area contributed by atoms with Crippen molar-refractivity contribution in [1.82, 2.24) is 45.1 Å². The third kappa shape index (κ3) is 19.8. The number of hydrogen-bond acceptors (Lipinski definition) is 24. The van der Waals surface area contributed by atoms with Crippen LogP contribution >= 0.6 is 11.3 Å². The Morgan fingerprint density at radius 1 is 0.807 bits per heavy atom. The fraction of sp³-hybridized carbons (Fsp3) is 0.530. The summed E-state index contributed by atoms with van der Waals surface area (Å²) in [5, 5.41) is 47.9. The third-order valence-corrected chi connectivity index (χ3v) is 25.5. The number of ether oxygens (including phenoxy) is 6. The van der Waals surface area contributed by atoms with Crippen LogP contribution < -0.4 is 30.9 Å². The largest absolute Gasteiger partial charge is 0.496 e. The monoisotopic (exact) mass is 1680 g/mol. The number of nitrogens with one attached hydrogen (secondary N) is 4. The third-order valence-electron chi connectivity index (χ3n) is 23.9. The number of rotatable bonds is 35. The molecule has 119 heavy (non-hydrogen) atoms. The highest BCUT2D eigenvalue weighted by Gasteiger charge is 2.66. The number of anilines is 3. The van der Waals surface area contributed by atoms with Gasteiger partial charge < -0.3 is 74.4 Å². The number of imide groups is 1. The molecule has 3 aromatic heterocycles. The maximum absolute atomic E-state index is 14.4. The number of para-hydroxylation sites is 1. The molecule has 7 heterocycles. The SMILES string of the molecule is COCCN(CCOC12CC3(C)CC(C)(CC(Cn4ncc(-c5ccc(N6CCc7c(OC)ccc(C(=O)Nc8nc9ccccc9s8)c7C6)nc5C(=O)O)c4C)(C3)C1)C2)C(=O)OCc1ccc(NC(=O)[C@H](C)NC(=O)C(NC(=O)CN2C(=O)[C@@H](N3C(=O)C=CC3=O)C[C@H]2COCCS(=O)(=O)O)C(C)C)cc1CC[C@H]1C[C@@H](O)C[C@@H](C(=O)O)O1. The number of benzene rings is 3. The smallest absolute Gasteiger partial charge is 0.410 e. The Morgan fingerprint density at radius 3 is 2.24 bits per heavy atom. The molecule has 3 aromatic carbocycles. The van der Waals surface area contributed by atoms with Crippen LogP contribution in [0, 0.1) is 29.1 Å². The lowest BCUT2D eigenvalue weighted by Gasteiger charge is -2.69. The molecule has 9 atom stereocenters. The second-order valence-electron chi connectivity index (χ2n) is 33.7. The van der Waals surface area contributed by atoms with Crippen molar-refractivity contribution in [3.63, 3.8) is 0 Å². The number of thiazole rings is 1. The lowest BCUT2D eigenvalue weighted by molar-refractivity contribution is -0.248. The molecule has 2 saturated heterocycles. The number of aliphatic hydroxyl groups excluding tert-OH is 1. The van der Waals surface area contributed by atoms with Gasteiger partial charge in [-0.3, -0.25) is 53.0 Å². The van der Waals surface area contributed by atoms with E-state index >= 15 is 0 Å². The quantitative estimate of drug-likeness (QED) is 0.0111. The molecule has 4 aliphatic heterocycles. The second-order valence-corrected chi connectivity index (χ2v) is 36.3. The number of aromatic nitrogens is 4. The molecule has 4 aliphatic carbocycles. The molecule has 6 fully saturated rings. The molecular formula is C83H102N12O22S2. The first-order valence-corrected chi connectivity index (χ1v) is 42.4. The van der Waals surface area contributed by atoms with Crippen LogP contribution in [0.15, 0.2) is 85.1 Å². The van der Waals surface area contributed by atoms with Crippen LogP contribution in [0.4, 0.5) is 21.4 Å². The van der Waals surface area contributed by atoms with Gasteiger partial charge in [0.1, 0.15) is 36.3 Å². The van der Waals surface area contributed by atoms with Crippen molar-refractivity contribution in [3.8, 4) is 16.9 Å².